The second-order valence-corrected chi connectivity index (χ2v) is 8.87. The van der Waals surface area contributed by atoms with E-state index in [1.54, 1.807) is 0 Å². The number of benzene rings is 2. The van der Waals surface area contributed by atoms with E-state index >= 15 is 0 Å². The summed E-state index contributed by atoms with van der Waals surface area (Å²) in [6.45, 7) is 5.43. The van der Waals surface area contributed by atoms with Gasteiger partial charge >= 0.3 is 0 Å². The fraction of sp³-hybridized carbons (Fsp3) is 0.286. The van der Waals surface area contributed by atoms with E-state index in [1.165, 1.54) is 49.0 Å². The lowest BCUT2D eigenvalue weighted by Crippen LogP contribution is -2.29. The van der Waals surface area contributed by atoms with Crippen molar-refractivity contribution < 1.29 is 0 Å². The van der Waals surface area contributed by atoms with E-state index in [4.69, 9.17) is 4.98 Å². The van der Waals surface area contributed by atoms with Crippen LogP contribution in [0.2, 0.25) is 0 Å². The smallest absolute Gasteiger partial charge is 0.0991 e. The second kappa shape index (κ2) is 8.61. The van der Waals surface area contributed by atoms with Gasteiger partial charge in [-0.15, -0.1) is 0 Å². The predicted molar refractivity (Wildman–Crippen MR) is 130 cm³/mol. The van der Waals surface area contributed by atoms with Crippen LogP contribution in [0.3, 0.4) is 0 Å². The average molecular weight is 421 g/mol. The minimum absolute atomic E-state index is 0.671. The third-order valence-electron chi connectivity index (χ3n) is 6.66. The number of hydrogen-bond donors (Lipinski definition) is 0. The van der Waals surface area contributed by atoms with Gasteiger partial charge in [0.1, 0.15) is 0 Å². The van der Waals surface area contributed by atoms with Gasteiger partial charge < -0.3 is 4.57 Å². The standard InChI is InChI=1S/C28H28N4/c1-20-6-10-23(11-7-20)28-27(22-12-8-21(17-29)9-13-22)25-16-24(31(2)26(25)18-30-28)19-32-14-4-3-5-15-32/h6-13,16,18H,3-5,14-15,19H2,1-2H3. The predicted octanol–water partition coefficient (Wildman–Crippen LogP) is 6.07. The number of aryl methyl sites for hydroxylation is 2. The Morgan fingerprint density at radius 2 is 1.62 bits per heavy atom. The summed E-state index contributed by atoms with van der Waals surface area (Å²) in [4.78, 5) is 7.51. The molecule has 1 aliphatic rings. The van der Waals surface area contributed by atoms with Gasteiger partial charge in [0.15, 0.2) is 0 Å². The lowest BCUT2D eigenvalue weighted by Gasteiger charge is -2.26. The van der Waals surface area contributed by atoms with Crippen LogP contribution in [0.25, 0.3) is 33.3 Å². The van der Waals surface area contributed by atoms with E-state index < -0.39 is 0 Å². The molecule has 5 rings (SSSR count). The molecule has 1 saturated heterocycles. The number of nitrogens with zero attached hydrogens (tertiary/aromatic N) is 4. The van der Waals surface area contributed by atoms with Crippen LogP contribution in [0.1, 0.15) is 36.1 Å². The minimum atomic E-state index is 0.671. The summed E-state index contributed by atoms with van der Waals surface area (Å²) in [7, 11) is 2.15. The summed E-state index contributed by atoms with van der Waals surface area (Å²) >= 11 is 0. The number of pyridine rings is 1. The topological polar surface area (TPSA) is 44.9 Å². The van der Waals surface area contributed by atoms with E-state index in [-0.39, 0.29) is 0 Å². The Bertz CT molecular complexity index is 1280. The van der Waals surface area contributed by atoms with E-state index in [9.17, 15) is 5.26 Å². The Kier molecular flexibility index (Phi) is 5.51. The maximum Gasteiger partial charge on any atom is 0.0991 e. The van der Waals surface area contributed by atoms with Crippen molar-refractivity contribution in [2.45, 2.75) is 32.7 Å². The van der Waals surface area contributed by atoms with Gasteiger partial charge in [-0.25, -0.2) is 0 Å². The van der Waals surface area contributed by atoms with Crippen LogP contribution in [0.4, 0.5) is 0 Å². The molecule has 0 N–H and O–H groups in total. The normalized spacial score (nSPS) is 14.5. The Morgan fingerprint density at radius 3 is 2.31 bits per heavy atom. The van der Waals surface area contributed by atoms with Crippen LogP contribution in [0, 0.1) is 18.3 Å². The molecule has 2 aromatic heterocycles. The Hall–Kier alpha value is -3.42. The molecule has 0 aliphatic carbocycles. The first-order valence-corrected chi connectivity index (χ1v) is 11.4. The summed E-state index contributed by atoms with van der Waals surface area (Å²) in [6.07, 6.45) is 5.94. The molecule has 0 amide bonds. The van der Waals surface area contributed by atoms with Crippen molar-refractivity contribution in [3.8, 4) is 28.5 Å². The van der Waals surface area contributed by atoms with Crippen molar-refractivity contribution in [3.05, 3.63) is 77.6 Å². The number of rotatable bonds is 4. The first-order chi connectivity index (χ1) is 15.6. The van der Waals surface area contributed by atoms with Gasteiger partial charge in [-0.05, 0) is 56.6 Å². The number of aromatic nitrogens is 2. The summed E-state index contributed by atoms with van der Waals surface area (Å²) in [6, 6.07) is 21.0. The Balaban J connectivity index is 1.68. The molecule has 4 heteroatoms. The molecule has 0 bridgehead atoms. The molecule has 1 aliphatic heterocycles. The summed E-state index contributed by atoms with van der Waals surface area (Å²) in [5.74, 6) is 0. The molecular formula is C28H28N4. The second-order valence-electron chi connectivity index (χ2n) is 8.87. The van der Waals surface area contributed by atoms with Gasteiger partial charge in [-0.3, -0.25) is 9.88 Å². The largest absolute Gasteiger partial charge is 0.345 e. The monoisotopic (exact) mass is 420 g/mol. The highest BCUT2D eigenvalue weighted by atomic mass is 15.1. The molecule has 4 nitrogen and oxygen atoms in total. The first kappa shape index (κ1) is 20.5. The number of likely N-dealkylation sites (tertiary alicyclic amines) is 1. The molecule has 3 heterocycles. The van der Waals surface area contributed by atoms with Gasteiger partial charge in [-0.2, -0.15) is 5.26 Å². The first-order valence-electron chi connectivity index (χ1n) is 11.4. The van der Waals surface area contributed by atoms with Crippen LogP contribution in [0.5, 0.6) is 0 Å². The molecule has 0 saturated carbocycles. The van der Waals surface area contributed by atoms with Gasteiger partial charge in [0, 0.05) is 35.8 Å². The highest BCUT2D eigenvalue weighted by Gasteiger charge is 2.19. The quantitative estimate of drug-likeness (QED) is 0.402. The SMILES string of the molecule is Cc1ccc(-c2ncc3c(cc(CN4CCCCC4)n3C)c2-c2ccc(C#N)cc2)cc1. The molecule has 0 unspecified atom stereocenters. The van der Waals surface area contributed by atoms with Crippen LogP contribution < -0.4 is 0 Å². The van der Waals surface area contributed by atoms with Gasteiger partial charge in [0.05, 0.1) is 29.0 Å². The summed E-state index contributed by atoms with van der Waals surface area (Å²) in [5, 5.41) is 10.5. The van der Waals surface area contributed by atoms with Crippen molar-refractivity contribution in [2.24, 2.45) is 7.05 Å². The van der Waals surface area contributed by atoms with E-state index in [0.717, 1.165) is 34.4 Å². The molecule has 0 radical (unpaired) electrons. The highest BCUT2D eigenvalue weighted by molar-refractivity contribution is 6.02. The van der Waals surface area contributed by atoms with Gasteiger partial charge in [-0.1, -0.05) is 48.4 Å². The molecule has 0 spiro atoms. The third kappa shape index (κ3) is 3.81. The van der Waals surface area contributed by atoms with Crippen molar-refractivity contribution in [2.75, 3.05) is 13.1 Å². The van der Waals surface area contributed by atoms with Gasteiger partial charge in [0.25, 0.3) is 0 Å². The van der Waals surface area contributed by atoms with Crippen LogP contribution in [-0.4, -0.2) is 27.5 Å². The lowest BCUT2D eigenvalue weighted by atomic mass is 9.95. The van der Waals surface area contributed by atoms with Crippen molar-refractivity contribution in [1.82, 2.24) is 14.5 Å². The van der Waals surface area contributed by atoms with Crippen molar-refractivity contribution in [1.29, 1.82) is 5.26 Å². The van der Waals surface area contributed by atoms with Gasteiger partial charge in [0.2, 0.25) is 0 Å². The van der Waals surface area contributed by atoms with E-state index in [2.05, 4.69) is 59.8 Å². The van der Waals surface area contributed by atoms with E-state index in [1.807, 2.05) is 30.5 Å². The highest BCUT2D eigenvalue weighted by Crippen LogP contribution is 2.38. The molecule has 4 aromatic rings. The zero-order valence-corrected chi connectivity index (χ0v) is 18.8. The number of nitriles is 1. The van der Waals surface area contributed by atoms with Crippen LogP contribution in [-0.2, 0) is 13.6 Å². The lowest BCUT2D eigenvalue weighted by molar-refractivity contribution is 0.217. The average Bonchev–Trinajstić information content (AvgIpc) is 3.15. The zero-order chi connectivity index (χ0) is 22.1. The van der Waals surface area contributed by atoms with Crippen LogP contribution >= 0.6 is 0 Å². The third-order valence-corrected chi connectivity index (χ3v) is 6.66. The zero-order valence-electron chi connectivity index (χ0n) is 18.8. The summed E-state index contributed by atoms with van der Waals surface area (Å²) < 4.78 is 2.29. The number of hydrogen-bond acceptors (Lipinski definition) is 3. The fourth-order valence-corrected chi connectivity index (χ4v) is 4.78. The molecule has 2 aromatic carbocycles. The molecule has 0 atom stereocenters. The van der Waals surface area contributed by atoms with Crippen molar-refractivity contribution >= 4 is 10.9 Å². The number of fused-ring (bicyclic) bond motifs is 1. The maximum absolute atomic E-state index is 9.25. The Labute approximate surface area is 189 Å². The molecular weight excluding hydrogens is 392 g/mol. The van der Waals surface area contributed by atoms with E-state index in [0.29, 0.717) is 5.56 Å². The summed E-state index contributed by atoms with van der Waals surface area (Å²) in [5.41, 5.74) is 8.69. The molecule has 1 fully saturated rings. The molecule has 160 valence electrons. The van der Waals surface area contributed by atoms with Crippen LogP contribution in [0.15, 0.2) is 60.8 Å². The molecule has 32 heavy (non-hydrogen) atoms. The maximum atomic E-state index is 9.25. The van der Waals surface area contributed by atoms with Crippen molar-refractivity contribution in [3.63, 3.8) is 0 Å². The Morgan fingerprint density at radius 1 is 0.938 bits per heavy atom. The number of piperidine rings is 1. The minimum Gasteiger partial charge on any atom is -0.345 e. The fourth-order valence-electron chi connectivity index (χ4n) is 4.78.